The molecule has 0 aliphatic carbocycles. The number of carbonyl (C=O) groups is 1. The van der Waals surface area contributed by atoms with Crippen LogP contribution in [0.4, 0.5) is 23.1 Å². The van der Waals surface area contributed by atoms with Gasteiger partial charge in [-0.25, -0.2) is 9.78 Å². The Kier molecular flexibility index (Phi) is 5.07. The van der Waals surface area contributed by atoms with Crippen LogP contribution < -0.4 is 10.1 Å². The number of aromatic nitrogens is 1. The summed E-state index contributed by atoms with van der Waals surface area (Å²) >= 11 is 1.03. The Morgan fingerprint density at radius 3 is 2.86 bits per heavy atom. The van der Waals surface area contributed by atoms with Crippen molar-refractivity contribution in [3.05, 3.63) is 18.2 Å². The van der Waals surface area contributed by atoms with Gasteiger partial charge in [-0.3, -0.25) is 5.32 Å². The largest absolute Gasteiger partial charge is 0.573 e. The zero-order valence-corrected chi connectivity index (χ0v) is 12.4. The molecule has 0 aliphatic rings. The molecule has 0 aliphatic heterocycles. The Balaban J connectivity index is 2.05. The van der Waals surface area contributed by atoms with E-state index >= 15 is 0 Å². The number of thiazole rings is 1. The number of hydrogen-bond acceptors (Lipinski definition) is 5. The summed E-state index contributed by atoms with van der Waals surface area (Å²) in [4.78, 5) is 15.6. The lowest BCUT2D eigenvalue weighted by molar-refractivity contribution is -0.274. The van der Waals surface area contributed by atoms with Crippen LogP contribution in [0.1, 0.15) is 19.8 Å². The van der Waals surface area contributed by atoms with Crippen molar-refractivity contribution < 1.29 is 27.4 Å². The summed E-state index contributed by atoms with van der Waals surface area (Å²) in [5.74, 6) is -0.333. The van der Waals surface area contributed by atoms with Crippen molar-refractivity contribution >= 4 is 32.8 Å². The van der Waals surface area contributed by atoms with E-state index in [9.17, 15) is 18.0 Å². The predicted molar refractivity (Wildman–Crippen MR) is 76.2 cm³/mol. The van der Waals surface area contributed by atoms with E-state index in [-0.39, 0.29) is 10.9 Å². The summed E-state index contributed by atoms with van der Waals surface area (Å²) in [6, 6.07) is 3.77. The van der Waals surface area contributed by atoms with Crippen LogP contribution in [0.2, 0.25) is 0 Å². The zero-order chi connectivity index (χ0) is 16.2. The number of unbranched alkanes of at least 4 members (excludes halogenated alkanes) is 1. The molecule has 0 spiro atoms. The van der Waals surface area contributed by atoms with E-state index in [4.69, 9.17) is 4.74 Å². The molecule has 0 atom stereocenters. The molecule has 2 aromatic rings. The van der Waals surface area contributed by atoms with Gasteiger partial charge in [-0.05, 0) is 18.6 Å². The lowest BCUT2D eigenvalue weighted by Crippen LogP contribution is -2.16. The van der Waals surface area contributed by atoms with Gasteiger partial charge < -0.3 is 9.47 Å². The quantitative estimate of drug-likeness (QED) is 0.815. The fraction of sp³-hybridized carbons (Fsp3) is 0.385. The number of benzene rings is 1. The maximum absolute atomic E-state index is 12.2. The molecule has 0 bridgehead atoms. The van der Waals surface area contributed by atoms with Crippen molar-refractivity contribution in [3.8, 4) is 5.75 Å². The summed E-state index contributed by atoms with van der Waals surface area (Å²) in [6.07, 6.45) is -3.73. The van der Waals surface area contributed by atoms with Crippen LogP contribution >= 0.6 is 11.3 Å². The number of alkyl halides is 3. The first-order valence-electron chi connectivity index (χ1n) is 6.47. The predicted octanol–water partition coefficient (Wildman–Crippen LogP) is 4.54. The van der Waals surface area contributed by atoms with E-state index < -0.39 is 12.5 Å². The molecule has 120 valence electrons. The third kappa shape index (κ3) is 4.76. The lowest BCUT2D eigenvalue weighted by Gasteiger charge is -2.07. The Morgan fingerprint density at radius 1 is 1.41 bits per heavy atom. The van der Waals surface area contributed by atoms with Crippen LogP contribution in [0, 0.1) is 0 Å². The fourth-order valence-electron chi connectivity index (χ4n) is 1.59. The number of nitrogens with zero attached hydrogens (tertiary/aromatic N) is 1. The first-order chi connectivity index (χ1) is 10.4. The van der Waals surface area contributed by atoms with Gasteiger partial charge in [0.2, 0.25) is 0 Å². The molecule has 9 heteroatoms. The second-order valence-electron chi connectivity index (χ2n) is 4.31. The molecular weight excluding hydrogens is 321 g/mol. The number of ether oxygens (including phenoxy) is 2. The average molecular weight is 334 g/mol. The third-order valence-electron chi connectivity index (χ3n) is 2.53. The minimum absolute atomic E-state index is 0.251. The minimum Gasteiger partial charge on any atom is -0.449 e. The van der Waals surface area contributed by atoms with E-state index in [0.717, 1.165) is 24.2 Å². The Labute approximate surface area is 128 Å². The van der Waals surface area contributed by atoms with Crippen LogP contribution in [0.3, 0.4) is 0 Å². The molecule has 0 fully saturated rings. The Bertz CT molecular complexity index is 658. The molecular formula is C13H13F3N2O3S. The van der Waals surface area contributed by atoms with Crippen molar-refractivity contribution in [2.75, 3.05) is 11.9 Å². The molecule has 0 radical (unpaired) electrons. The van der Waals surface area contributed by atoms with Gasteiger partial charge in [0.05, 0.1) is 16.8 Å². The smallest absolute Gasteiger partial charge is 0.449 e. The number of fused-ring (bicyclic) bond motifs is 1. The second-order valence-corrected chi connectivity index (χ2v) is 5.34. The van der Waals surface area contributed by atoms with E-state index in [1.165, 1.54) is 18.2 Å². The number of amides is 1. The molecule has 0 saturated heterocycles. The van der Waals surface area contributed by atoms with Crippen LogP contribution in [0.15, 0.2) is 18.2 Å². The molecule has 2 rings (SSSR count). The van der Waals surface area contributed by atoms with Crippen molar-refractivity contribution in [2.45, 2.75) is 26.1 Å². The van der Waals surface area contributed by atoms with Gasteiger partial charge in [-0.2, -0.15) is 0 Å². The third-order valence-corrected chi connectivity index (χ3v) is 3.47. The number of anilines is 1. The second kappa shape index (κ2) is 6.82. The van der Waals surface area contributed by atoms with Gasteiger partial charge in [0.1, 0.15) is 5.75 Å². The first-order valence-corrected chi connectivity index (χ1v) is 7.29. The highest BCUT2D eigenvalue weighted by atomic mass is 32.1. The van der Waals surface area contributed by atoms with Gasteiger partial charge in [0.15, 0.2) is 5.13 Å². The average Bonchev–Trinajstić information content (AvgIpc) is 2.78. The molecule has 1 aromatic heterocycles. The van der Waals surface area contributed by atoms with E-state index in [0.29, 0.717) is 16.8 Å². The van der Waals surface area contributed by atoms with E-state index in [2.05, 4.69) is 15.0 Å². The summed E-state index contributed by atoms with van der Waals surface area (Å²) in [5, 5.41) is 2.69. The maximum atomic E-state index is 12.2. The molecule has 5 nitrogen and oxygen atoms in total. The molecule has 1 amide bonds. The highest BCUT2D eigenvalue weighted by Gasteiger charge is 2.31. The van der Waals surface area contributed by atoms with Gasteiger partial charge in [-0.15, -0.1) is 13.2 Å². The normalized spacial score (nSPS) is 11.5. The van der Waals surface area contributed by atoms with Gasteiger partial charge >= 0.3 is 12.5 Å². The topological polar surface area (TPSA) is 60.5 Å². The fourth-order valence-corrected chi connectivity index (χ4v) is 2.47. The zero-order valence-electron chi connectivity index (χ0n) is 11.6. The molecule has 0 saturated carbocycles. The molecule has 1 aromatic carbocycles. The molecule has 0 unspecified atom stereocenters. The lowest BCUT2D eigenvalue weighted by atomic mass is 10.3. The number of carbonyl (C=O) groups excluding carboxylic acids is 1. The van der Waals surface area contributed by atoms with E-state index in [1.807, 2.05) is 6.92 Å². The van der Waals surface area contributed by atoms with E-state index in [1.54, 1.807) is 0 Å². The number of rotatable bonds is 5. The van der Waals surface area contributed by atoms with Crippen molar-refractivity contribution in [3.63, 3.8) is 0 Å². The SMILES string of the molecule is CCCCOC(=O)Nc1nc2ccc(OC(F)(F)F)cc2s1. The van der Waals surface area contributed by atoms with Crippen LogP contribution in [-0.4, -0.2) is 24.0 Å². The molecule has 22 heavy (non-hydrogen) atoms. The molecule has 1 N–H and O–H groups in total. The first kappa shape index (κ1) is 16.3. The monoisotopic (exact) mass is 334 g/mol. The van der Waals surface area contributed by atoms with Gasteiger partial charge in [0, 0.05) is 6.07 Å². The summed E-state index contributed by atoms with van der Waals surface area (Å²) in [7, 11) is 0. The Morgan fingerprint density at radius 2 is 2.18 bits per heavy atom. The summed E-state index contributed by atoms with van der Waals surface area (Å²) in [6.45, 7) is 2.27. The highest BCUT2D eigenvalue weighted by Crippen LogP contribution is 2.31. The highest BCUT2D eigenvalue weighted by molar-refractivity contribution is 7.22. The summed E-state index contributed by atoms with van der Waals surface area (Å²) in [5.41, 5.74) is 0.461. The summed E-state index contributed by atoms with van der Waals surface area (Å²) < 4.78 is 45.7. The maximum Gasteiger partial charge on any atom is 0.573 e. The van der Waals surface area contributed by atoms with Crippen molar-refractivity contribution in [2.24, 2.45) is 0 Å². The molecule has 1 heterocycles. The number of nitrogens with one attached hydrogen (secondary N) is 1. The Hall–Kier alpha value is -2.03. The van der Waals surface area contributed by atoms with Crippen molar-refractivity contribution in [1.29, 1.82) is 0 Å². The number of hydrogen-bond donors (Lipinski definition) is 1. The van der Waals surface area contributed by atoms with Crippen LogP contribution in [-0.2, 0) is 4.74 Å². The minimum atomic E-state index is -4.75. The van der Waals surface area contributed by atoms with Crippen LogP contribution in [0.25, 0.3) is 10.2 Å². The van der Waals surface area contributed by atoms with Crippen molar-refractivity contribution in [1.82, 2.24) is 4.98 Å². The van der Waals surface area contributed by atoms with Gasteiger partial charge in [-0.1, -0.05) is 24.7 Å². The van der Waals surface area contributed by atoms with Gasteiger partial charge in [0.25, 0.3) is 0 Å². The van der Waals surface area contributed by atoms with Crippen LogP contribution in [0.5, 0.6) is 5.75 Å². The standard InChI is InChI=1S/C13H13F3N2O3S/c1-2-3-6-20-12(19)18-11-17-9-5-4-8(7-10(9)22-11)21-13(14,15)16/h4-5,7H,2-3,6H2,1H3,(H,17,18,19). The number of halogens is 3.